The number of aliphatic hydroxyl groups excluding tert-OH is 1. The van der Waals surface area contributed by atoms with E-state index in [1.165, 1.54) is 6.20 Å². The summed E-state index contributed by atoms with van der Waals surface area (Å²) in [6.07, 6.45) is 2.99. The van der Waals surface area contributed by atoms with Crippen molar-refractivity contribution >= 4 is 46.4 Å². The average molecular weight is 323 g/mol. The Balaban J connectivity index is 2.77. The second-order valence-electron chi connectivity index (χ2n) is 3.52. The quantitative estimate of drug-likeness (QED) is 0.801. The van der Waals surface area contributed by atoms with Crippen molar-refractivity contribution in [1.29, 1.82) is 0 Å². The monoisotopic (exact) mass is 321 g/mol. The summed E-state index contributed by atoms with van der Waals surface area (Å²) in [6, 6.07) is 3.24. The van der Waals surface area contributed by atoms with Gasteiger partial charge in [-0.05, 0) is 12.1 Å². The molecule has 1 heterocycles. The minimum atomic E-state index is -0.240. The normalized spacial score (nSPS) is 10.7. The Labute approximate surface area is 124 Å². The Bertz CT molecular complexity index is 601. The maximum Gasteiger partial charge on any atom is 0.0703 e. The molecule has 0 amide bonds. The molecule has 2 rings (SSSR count). The Kier molecular flexibility index (Phi) is 4.36. The van der Waals surface area contributed by atoms with E-state index in [-0.39, 0.29) is 6.61 Å². The van der Waals surface area contributed by atoms with Gasteiger partial charge in [-0.15, -0.1) is 0 Å². The molecule has 1 aromatic carbocycles. The molecule has 0 aliphatic carbocycles. The third kappa shape index (κ3) is 2.44. The lowest BCUT2D eigenvalue weighted by Crippen LogP contribution is -1.94. The van der Waals surface area contributed by atoms with E-state index in [4.69, 9.17) is 46.4 Å². The Morgan fingerprint density at radius 1 is 0.944 bits per heavy atom. The number of hydrogen-bond acceptors (Lipinski definition) is 2. The highest BCUT2D eigenvalue weighted by atomic mass is 35.5. The maximum absolute atomic E-state index is 9.38. The zero-order chi connectivity index (χ0) is 13.3. The first-order valence-electron chi connectivity index (χ1n) is 4.93. The zero-order valence-electron chi connectivity index (χ0n) is 8.92. The highest BCUT2D eigenvalue weighted by molar-refractivity contribution is 6.46. The van der Waals surface area contributed by atoms with Gasteiger partial charge in [-0.3, -0.25) is 4.98 Å². The first-order valence-corrected chi connectivity index (χ1v) is 6.44. The number of aliphatic hydroxyl groups is 1. The summed E-state index contributed by atoms with van der Waals surface area (Å²) in [7, 11) is 0. The van der Waals surface area contributed by atoms with E-state index in [1.807, 2.05) is 0 Å². The molecule has 0 unspecified atom stereocenters. The molecule has 0 aliphatic heterocycles. The minimum absolute atomic E-state index is 0.240. The SMILES string of the molecule is OCc1c(Cl)cncc1-c1c(Cl)ccc(Cl)c1Cl. The lowest BCUT2D eigenvalue weighted by molar-refractivity contribution is 0.282. The van der Waals surface area contributed by atoms with Gasteiger partial charge in [0.25, 0.3) is 0 Å². The molecule has 0 radical (unpaired) electrons. The van der Waals surface area contributed by atoms with Crippen molar-refractivity contribution in [3.63, 3.8) is 0 Å². The number of halogens is 4. The van der Waals surface area contributed by atoms with Gasteiger partial charge < -0.3 is 5.11 Å². The van der Waals surface area contributed by atoms with Crippen molar-refractivity contribution in [2.45, 2.75) is 6.61 Å². The lowest BCUT2D eigenvalue weighted by atomic mass is 10.0. The van der Waals surface area contributed by atoms with Crippen molar-refractivity contribution in [2.24, 2.45) is 0 Å². The number of aromatic nitrogens is 1. The van der Waals surface area contributed by atoms with Crippen LogP contribution in [0.5, 0.6) is 0 Å². The van der Waals surface area contributed by atoms with Crippen LogP contribution in [0.3, 0.4) is 0 Å². The summed E-state index contributed by atoms with van der Waals surface area (Å²) >= 11 is 24.2. The van der Waals surface area contributed by atoms with Gasteiger partial charge in [0.2, 0.25) is 0 Å². The molecule has 0 saturated carbocycles. The fourth-order valence-electron chi connectivity index (χ4n) is 1.61. The van der Waals surface area contributed by atoms with E-state index in [1.54, 1.807) is 18.3 Å². The van der Waals surface area contributed by atoms with Crippen LogP contribution in [0.4, 0.5) is 0 Å². The Morgan fingerprint density at radius 3 is 2.28 bits per heavy atom. The molecule has 94 valence electrons. The molecular formula is C12H7Cl4NO. The van der Waals surface area contributed by atoms with Gasteiger partial charge in [0.05, 0.1) is 26.7 Å². The van der Waals surface area contributed by atoms with Crippen LogP contribution in [0.15, 0.2) is 24.5 Å². The Hall–Kier alpha value is -0.510. The Morgan fingerprint density at radius 2 is 1.61 bits per heavy atom. The first kappa shape index (κ1) is 13.9. The molecule has 1 aromatic heterocycles. The van der Waals surface area contributed by atoms with E-state index >= 15 is 0 Å². The highest BCUT2D eigenvalue weighted by Gasteiger charge is 2.16. The van der Waals surface area contributed by atoms with Gasteiger partial charge in [0.1, 0.15) is 0 Å². The molecule has 1 N–H and O–H groups in total. The van der Waals surface area contributed by atoms with Crippen LogP contribution < -0.4 is 0 Å². The fourth-order valence-corrected chi connectivity index (χ4v) is 2.56. The van der Waals surface area contributed by atoms with Crippen LogP contribution >= 0.6 is 46.4 Å². The smallest absolute Gasteiger partial charge is 0.0703 e. The van der Waals surface area contributed by atoms with Crippen molar-refractivity contribution in [3.05, 3.63) is 50.2 Å². The van der Waals surface area contributed by atoms with Crippen molar-refractivity contribution in [3.8, 4) is 11.1 Å². The number of hydrogen-bond donors (Lipinski definition) is 1. The summed E-state index contributed by atoms with van der Waals surface area (Å²) in [5, 5.41) is 10.8. The van der Waals surface area contributed by atoms with E-state index in [0.717, 1.165) is 0 Å². The molecule has 0 bridgehead atoms. The molecule has 18 heavy (non-hydrogen) atoms. The number of rotatable bonds is 2. The van der Waals surface area contributed by atoms with Crippen LogP contribution in [0.25, 0.3) is 11.1 Å². The molecule has 0 saturated heterocycles. The predicted octanol–water partition coefficient (Wildman–Crippen LogP) is 4.85. The highest BCUT2D eigenvalue weighted by Crippen LogP contribution is 2.41. The second kappa shape index (κ2) is 5.64. The molecule has 0 fully saturated rings. The van der Waals surface area contributed by atoms with E-state index in [2.05, 4.69) is 4.98 Å². The third-order valence-corrected chi connectivity index (χ3v) is 3.92. The van der Waals surface area contributed by atoms with Gasteiger partial charge in [-0.1, -0.05) is 46.4 Å². The maximum atomic E-state index is 9.38. The molecule has 0 atom stereocenters. The van der Waals surface area contributed by atoms with Crippen molar-refractivity contribution in [2.75, 3.05) is 0 Å². The van der Waals surface area contributed by atoms with Crippen LogP contribution in [-0.4, -0.2) is 10.1 Å². The van der Waals surface area contributed by atoms with Crippen LogP contribution in [-0.2, 0) is 6.61 Å². The third-order valence-electron chi connectivity index (χ3n) is 2.48. The largest absolute Gasteiger partial charge is 0.392 e. The van der Waals surface area contributed by atoms with Crippen LogP contribution in [0.2, 0.25) is 20.1 Å². The summed E-state index contributed by atoms with van der Waals surface area (Å²) in [5.74, 6) is 0. The topological polar surface area (TPSA) is 33.1 Å². The van der Waals surface area contributed by atoms with Crippen LogP contribution in [0.1, 0.15) is 5.56 Å². The number of nitrogens with zero attached hydrogens (tertiary/aromatic N) is 1. The lowest BCUT2D eigenvalue weighted by Gasteiger charge is -2.12. The zero-order valence-corrected chi connectivity index (χ0v) is 11.9. The van der Waals surface area contributed by atoms with Gasteiger partial charge in [0, 0.05) is 29.1 Å². The first-order chi connectivity index (χ1) is 8.56. The van der Waals surface area contributed by atoms with Gasteiger partial charge in [0.15, 0.2) is 0 Å². The standard InChI is InChI=1S/C12H7Cl4NO/c13-8-1-2-9(14)12(16)11(8)6-3-17-4-10(15)7(6)5-18/h1-4,18H,5H2. The van der Waals surface area contributed by atoms with E-state index in [0.29, 0.717) is 36.8 Å². The average Bonchev–Trinajstić information content (AvgIpc) is 2.35. The second-order valence-corrected chi connectivity index (χ2v) is 5.12. The predicted molar refractivity (Wildman–Crippen MR) is 75.6 cm³/mol. The minimum Gasteiger partial charge on any atom is -0.392 e. The molecule has 0 aliphatic rings. The fraction of sp³-hybridized carbons (Fsp3) is 0.0833. The molecule has 0 spiro atoms. The van der Waals surface area contributed by atoms with Crippen molar-refractivity contribution in [1.82, 2.24) is 4.98 Å². The molecule has 2 nitrogen and oxygen atoms in total. The number of pyridine rings is 1. The van der Waals surface area contributed by atoms with Crippen LogP contribution in [0, 0.1) is 0 Å². The van der Waals surface area contributed by atoms with E-state index in [9.17, 15) is 5.11 Å². The molecule has 2 aromatic rings. The summed E-state index contributed by atoms with van der Waals surface area (Å²) < 4.78 is 0. The van der Waals surface area contributed by atoms with Crippen molar-refractivity contribution < 1.29 is 5.11 Å². The summed E-state index contributed by atoms with van der Waals surface area (Å²) in [5.41, 5.74) is 1.60. The van der Waals surface area contributed by atoms with Gasteiger partial charge in [-0.25, -0.2) is 0 Å². The summed E-state index contributed by atoms with van der Waals surface area (Å²) in [4.78, 5) is 3.98. The number of benzene rings is 1. The van der Waals surface area contributed by atoms with E-state index < -0.39 is 0 Å². The van der Waals surface area contributed by atoms with Gasteiger partial charge in [-0.2, -0.15) is 0 Å². The molecule has 6 heteroatoms. The van der Waals surface area contributed by atoms with Gasteiger partial charge >= 0.3 is 0 Å². The molecular weight excluding hydrogens is 316 g/mol. The summed E-state index contributed by atoms with van der Waals surface area (Å²) in [6.45, 7) is -0.240.